The van der Waals surface area contributed by atoms with Crippen LogP contribution in [-0.2, 0) is 23.7 Å². The van der Waals surface area contributed by atoms with Crippen molar-refractivity contribution in [2.45, 2.75) is 216 Å². The van der Waals surface area contributed by atoms with Crippen LogP contribution in [0.4, 0.5) is 0 Å². The Morgan fingerprint density at radius 2 is 1.00 bits per heavy atom. The fourth-order valence-electron chi connectivity index (χ4n) is 7.70. The quantitative estimate of drug-likeness (QED) is 0.0219. The molecular weight excluding hydrogens is 895 g/mol. The molecule has 12 atom stereocenters. The molecule has 0 aromatic rings. The van der Waals surface area contributed by atoms with Gasteiger partial charge >= 0.3 is 0 Å². The van der Waals surface area contributed by atoms with Gasteiger partial charge < -0.3 is 65.1 Å². The van der Waals surface area contributed by atoms with Gasteiger partial charge in [-0.2, -0.15) is 0 Å². The number of carbonyl (C=O) groups is 1. The van der Waals surface area contributed by atoms with E-state index < -0.39 is 86.8 Å². The maximum absolute atomic E-state index is 13.2. The fourth-order valence-corrected chi connectivity index (χ4v) is 7.70. The molecule has 2 saturated heterocycles. The molecular formula is C56H91NO13. The van der Waals surface area contributed by atoms with Gasteiger partial charge in [-0.05, 0) is 83.5 Å². The van der Waals surface area contributed by atoms with Gasteiger partial charge in [0, 0.05) is 6.42 Å². The molecule has 70 heavy (non-hydrogen) atoms. The number of rotatable bonds is 38. The number of hydrogen-bond acceptors (Lipinski definition) is 13. The summed E-state index contributed by atoms with van der Waals surface area (Å²) in [5.74, 6) is -0.341. The molecule has 2 fully saturated rings. The van der Waals surface area contributed by atoms with Gasteiger partial charge in [-0.15, -0.1) is 0 Å². The maximum Gasteiger partial charge on any atom is 0.220 e. The highest BCUT2D eigenvalue weighted by Crippen LogP contribution is 2.30. The number of allylic oxidation sites excluding steroid dienone is 17. The summed E-state index contributed by atoms with van der Waals surface area (Å²) in [6.45, 7) is 2.56. The topological polar surface area (TPSA) is 228 Å². The molecule has 398 valence electrons. The second kappa shape index (κ2) is 41.2. The zero-order chi connectivity index (χ0) is 51.0. The minimum absolute atomic E-state index is 0.138. The van der Waals surface area contributed by atoms with Crippen LogP contribution in [0.3, 0.4) is 0 Å². The average Bonchev–Trinajstić information content (AvgIpc) is 3.36. The van der Waals surface area contributed by atoms with Crippen molar-refractivity contribution in [1.82, 2.24) is 5.32 Å². The normalized spacial score (nSPS) is 26.9. The first kappa shape index (κ1) is 62.8. The van der Waals surface area contributed by atoms with E-state index in [4.69, 9.17) is 18.9 Å². The highest BCUT2D eigenvalue weighted by molar-refractivity contribution is 5.76. The van der Waals surface area contributed by atoms with E-state index in [1.807, 2.05) is 18.2 Å². The van der Waals surface area contributed by atoms with E-state index >= 15 is 0 Å². The van der Waals surface area contributed by atoms with E-state index in [2.05, 4.69) is 104 Å². The van der Waals surface area contributed by atoms with Crippen molar-refractivity contribution < 1.29 is 64.6 Å². The van der Waals surface area contributed by atoms with Gasteiger partial charge in [0.15, 0.2) is 12.6 Å². The predicted molar refractivity (Wildman–Crippen MR) is 276 cm³/mol. The zero-order valence-electron chi connectivity index (χ0n) is 42.2. The summed E-state index contributed by atoms with van der Waals surface area (Å²) in [6, 6.07) is -0.985. The molecule has 2 aliphatic heterocycles. The van der Waals surface area contributed by atoms with Gasteiger partial charge in [-0.1, -0.05) is 162 Å². The molecule has 2 aliphatic rings. The third kappa shape index (κ3) is 27.5. The third-order valence-corrected chi connectivity index (χ3v) is 11.9. The Bertz CT molecular complexity index is 1590. The molecule has 9 N–H and O–H groups in total. The first-order valence-electron chi connectivity index (χ1n) is 26.1. The monoisotopic (exact) mass is 986 g/mol. The molecule has 0 saturated carbocycles. The number of carbonyl (C=O) groups excluding carboxylic acids is 1. The van der Waals surface area contributed by atoms with E-state index in [1.165, 1.54) is 44.9 Å². The molecule has 0 spiro atoms. The minimum Gasteiger partial charge on any atom is -0.394 e. The predicted octanol–water partition coefficient (Wildman–Crippen LogP) is 7.32. The van der Waals surface area contributed by atoms with Crippen LogP contribution in [0.2, 0.25) is 0 Å². The lowest BCUT2D eigenvalue weighted by molar-refractivity contribution is -0.359. The zero-order valence-corrected chi connectivity index (χ0v) is 42.2. The summed E-state index contributed by atoms with van der Waals surface area (Å²) in [6.07, 6.45) is 39.9. The Morgan fingerprint density at radius 1 is 0.529 bits per heavy atom. The lowest BCUT2D eigenvalue weighted by atomic mass is 9.97. The fraction of sp³-hybridized carbons (Fsp3) is 0.661. The Balaban J connectivity index is 1.91. The molecule has 0 aromatic carbocycles. The Labute approximate surface area is 419 Å². The molecule has 2 rings (SSSR count). The van der Waals surface area contributed by atoms with Crippen LogP contribution in [0.5, 0.6) is 0 Å². The van der Waals surface area contributed by atoms with Crippen LogP contribution in [-0.4, -0.2) is 140 Å². The van der Waals surface area contributed by atoms with Crippen molar-refractivity contribution in [3.05, 3.63) is 109 Å². The second-order valence-electron chi connectivity index (χ2n) is 17.9. The standard InChI is InChI=1S/C56H91NO13/c1-3-5-7-9-11-13-15-17-19-21-22-24-26-28-30-32-34-36-38-40-48(61)57-44(45(60)39-37-35-33-31-29-27-25-23-20-18-16-14-12-10-8-6-4-2)43-67-55-53(66)51(64)54(47(42-59)69-55)70-56-52(65)50(63)49(62)46(41-58)68-56/h5,7,11,13,17,19-20,22-24,28-31,34,36-37,39,44-47,49-56,58-60,62-66H,3-4,6,8-10,12,14-16,18,21,25-27,32-33,35,38,40-43H2,1-2H3,(H,57,61)/b7-5-,13-11-,19-17-,23-20+,24-22-,30-28-,31-29+,36-34-,39-37+. The summed E-state index contributed by atoms with van der Waals surface area (Å²) < 4.78 is 22.6. The average molecular weight is 986 g/mol. The van der Waals surface area contributed by atoms with Gasteiger partial charge in [-0.3, -0.25) is 4.79 Å². The highest BCUT2D eigenvalue weighted by atomic mass is 16.7. The summed E-state index contributed by atoms with van der Waals surface area (Å²) >= 11 is 0. The third-order valence-electron chi connectivity index (χ3n) is 11.9. The molecule has 14 heteroatoms. The Morgan fingerprint density at radius 3 is 1.56 bits per heavy atom. The molecule has 0 radical (unpaired) electrons. The Kier molecular flexibility index (Phi) is 36.9. The minimum atomic E-state index is -1.80. The van der Waals surface area contributed by atoms with E-state index in [9.17, 15) is 45.6 Å². The SMILES string of the molecule is CC/C=C\C/C=C\C/C=C\C/C=C\C/C=C\C/C=C\CCC(=O)NC(COC1OC(CO)C(OC2OC(CO)C(O)C(O)C2O)C(O)C1O)C(O)/C=C/CC/C=C/CC/C=C/CCCCCCCCC. The van der Waals surface area contributed by atoms with Gasteiger partial charge in [0.25, 0.3) is 0 Å². The molecule has 2 heterocycles. The first-order valence-corrected chi connectivity index (χ1v) is 26.1. The maximum atomic E-state index is 13.2. The lowest BCUT2D eigenvalue weighted by Gasteiger charge is -2.46. The molecule has 0 aromatic heterocycles. The Hall–Kier alpha value is -3.35. The van der Waals surface area contributed by atoms with Gasteiger partial charge in [0.1, 0.15) is 48.8 Å². The number of unbranched alkanes of at least 4 members (excludes halogenated alkanes) is 9. The van der Waals surface area contributed by atoms with Crippen LogP contribution in [0.25, 0.3) is 0 Å². The second-order valence-corrected chi connectivity index (χ2v) is 17.9. The first-order chi connectivity index (χ1) is 34.1. The molecule has 1 amide bonds. The van der Waals surface area contributed by atoms with Gasteiger partial charge in [0.2, 0.25) is 5.91 Å². The lowest BCUT2D eigenvalue weighted by Crippen LogP contribution is -2.65. The van der Waals surface area contributed by atoms with Crippen molar-refractivity contribution in [3.8, 4) is 0 Å². The molecule has 0 bridgehead atoms. The van der Waals surface area contributed by atoms with Gasteiger partial charge in [0.05, 0.1) is 32.0 Å². The van der Waals surface area contributed by atoms with E-state index in [0.717, 1.165) is 64.2 Å². The van der Waals surface area contributed by atoms with Crippen molar-refractivity contribution in [1.29, 1.82) is 0 Å². The van der Waals surface area contributed by atoms with Crippen molar-refractivity contribution in [2.24, 2.45) is 0 Å². The number of nitrogens with one attached hydrogen (secondary N) is 1. The van der Waals surface area contributed by atoms with Crippen LogP contribution in [0, 0.1) is 0 Å². The summed E-state index contributed by atoms with van der Waals surface area (Å²) in [5, 5.41) is 86.7. The summed E-state index contributed by atoms with van der Waals surface area (Å²) in [5.41, 5.74) is 0. The van der Waals surface area contributed by atoms with Crippen molar-refractivity contribution in [2.75, 3.05) is 19.8 Å². The molecule has 0 aliphatic carbocycles. The largest absolute Gasteiger partial charge is 0.394 e. The van der Waals surface area contributed by atoms with Crippen LogP contribution in [0.1, 0.15) is 142 Å². The number of ether oxygens (including phenoxy) is 4. The number of aliphatic hydroxyl groups is 8. The number of hydrogen-bond donors (Lipinski definition) is 9. The van der Waals surface area contributed by atoms with Crippen LogP contribution < -0.4 is 5.32 Å². The number of aliphatic hydroxyl groups excluding tert-OH is 8. The molecule has 12 unspecified atom stereocenters. The van der Waals surface area contributed by atoms with E-state index in [1.54, 1.807) is 6.08 Å². The van der Waals surface area contributed by atoms with E-state index in [0.29, 0.717) is 12.8 Å². The smallest absolute Gasteiger partial charge is 0.220 e. The highest BCUT2D eigenvalue weighted by Gasteiger charge is 2.51. The number of amides is 1. The summed E-state index contributed by atoms with van der Waals surface area (Å²) in [4.78, 5) is 13.2. The van der Waals surface area contributed by atoms with Crippen molar-refractivity contribution in [3.63, 3.8) is 0 Å². The van der Waals surface area contributed by atoms with Crippen LogP contribution >= 0.6 is 0 Å². The van der Waals surface area contributed by atoms with Gasteiger partial charge in [-0.25, -0.2) is 0 Å². The van der Waals surface area contributed by atoms with Crippen LogP contribution in [0.15, 0.2) is 109 Å². The van der Waals surface area contributed by atoms with E-state index in [-0.39, 0.29) is 18.9 Å². The molecule has 14 nitrogen and oxygen atoms in total. The van der Waals surface area contributed by atoms with Crippen molar-refractivity contribution >= 4 is 5.91 Å². The summed E-state index contributed by atoms with van der Waals surface area (Å²) in [7, 11) is 0.